The van der Waals surface area contributed by atoms with Crippen LogP contribution < -0.4 is 5.73 Å². The SMILES string of the molecule is CC(C(N)=S)N1CCN(C2CCCC2)CC1. The van der Waals surface area contributed by atoms with Gasteiger partial charge in [-0.2, -0.15) is 0 Å². The molecule has 2 rings (SSSR count). The summed E-state index contributed by atoms with van der Waals surface area (Å²) in [4.78, 5) is 5.71. The topological polar surface area (TPSA) is 32.5 Å². The maximum atomic E-state index is 5.70. The van der Waals surface area contributed by atoms with E-state index in [1.54, 1.807) is 0 Å². The molecule has 92 valence electrons. The molecule has 4 heteroatoms. The zero-order chi connectivity index (χ0) is 11.5. The largest absolute Gasteiger partial charge is 0.392 e. The molecular weight excluding hydrogens is 218 g/mol. The van der Waals surface area contributed by atoms with Crippen molar-refractivity contribution in [2.24, 2.45) is 5.73 Å². The van der Waals surface area contributed by atoms with Gasteiger partial charge in [-0.3, -0.25) is 9.80 Å². The van der Waals surface area contributed by atoms with Gasteiger partial charge in [0.25, 0.3) is 0 Å². The summed E-state index contributed by atoms with van der Waals surface area (Å²) in [6.45, 7) is 6.74. The zero-order valence-electron chi connectivity index (χ0n) is 10.2. The Morgan fingerprint density at radius 2 is 1.75 bits per heavy atom. The van der Waals surface area contributed by atoms with E-state index < -0.39 is 0 Å². The van der Waals surface area contributed by atoms with E-state index in [0.717, 1.165) is 19.1 Å². The van der Waals surface area contributed by atoms with Crippen LogP contribution in [0.25, 0.3) is 0 Å². The lowest BCUT2D eigenvalue weighted by atomic mass is 10.1. The maximum Gasteiger partial charge on any atom is 0.0899 e. The molecule has 0 aromatic carbocycles. The van der Waals surface area contributed by atoms with Crippen molar-refractivity contribution in [2.75, 3.05) is 26.2 Å². The standard InChI is InChI=1S/C12H23N3S/c1-10(12(13)16)14-6-8-15(9-7-14)11-4-2-3-5-11/h10-11H,2-9H2,1H3,(H2,13,16). The van der Waals surface area contributed by atoms with Crippen molar-refractivity contribution >= 4 is 17.2 Å². The van der Waals surface area contributed by atoms with Crippen molar-refractivity contribution in [3.63, 3.8) is 0 Å². The van der Waals surface area contributed by atoms with Crippen LogP contribution in [0.15, 0.2) is 0 Å². The number of nitrogens with two attached hydrogens (primary N) is 1. The highest BCUT2D eigenvalue weighted by Crippen LogP contribution is 2.24. The van der Waals surface area contributed by atoms with E-state index in [1.807, 2.05) is 0 Å². The van der Waals surface area contributed by atoms with Crippen molar-refractivity contribution in [1.29, 1.82) is 0 Å². The van der Waals surface area contributed by atoms with Crippen LogP contribution in [-0.2, 0) is 0 Å². The fourth-order valence-corrected chi connectivity index (χ4v) is 3.09. The van der Waals surface area contributed by atoms with Crippen LogP contribution in [0.5, 0.6) is 0 Å². The van der Waals surface area contributed by atoms with Crippen LogP contribution in [0.4, 0.5) is 0 Å². The Morgan fingerprint density at radius 3 is 2.25 bits per heavy atom. The number of hydrogen-bond acceptors (Lipinski definition) is 3. The zero-order valence-corrected chi connectivity index (χ0v) is 11.0. The van der Waals surface area contributed by atoms with Gasteiger partial charge in [0.2, 0.25) is 0 Å². The molecule has 3 nitrogen and oxygen atoms in total. The van der Waals surface area contributed by atoms with Crippen LogP contribution >= 0.6 is 12.2 Å². The molecule has 1 atom stereocenters. The van der Waals surface area contributed by atoms with Crippen molar-refractivity contribution in [1.82, 2.24) is 9.80 Å². The fraction of sp³-hybridized carbons (Fsp3) is 0.917. The van der Waals surface area contributed by atoms with Gasteiger partial charge >= 0.3 is 0 Å². The number of piperazine rings is 1. The first-order chi connectivity index (χ1) is 7.68. The number of hydrogen-bond donors (Lipinski definition) is 1. The molecule has 0 bridgehead atoms. The highest BCUT2D eigenvalue weighted by atomic mass is 32.1. The fourth-order valence-electron chi connectivity index (χ4n) is 2.94. The summed E-state index contributed by atoms with van der Waals surface area (Å²) in [7, 11) is 0. The predicted molar refractivity (Wildman–Crippen MR) is 71.6 cm³/mol. The molecule has 0 aromatic heterocycles. The lowest BCUT2D eigenvalue weighted by molar-refractivity contribution is 0.0906. The van der Waals surface area contributed by atoms with Crippen LogP contribution in [0.1, 0.15) is 32.6 Å². The summed E-state index contributed by atoms with van der Waals surface area (Å²) < 4.78 is 0. The Hall–Kier alpha value is -0.190. The molecule has 0 radical (unpaired) electrons. The Morgan fingerprint density at radius 1 is 1.19 bits per heavy atom. The van der Waals surface area contributed by atoms with Crippen molar-refractivity contribution in [3.8, 4) is 0 Å². The molecule has 1 aliphatic carbocycles. The van der Waals surface area contributed by atoms with Gasteiger partial charge in [-0.15, -0.1) is 0 Å². The third kappa shape index (κ3) is 2.73. The smallest absolute Gasteiger partial charge is 0.0899 e. The van der Waals surface area contributed by atoms with Gasteiger partial charge in [-0.1, -0.05) is 25.1 Å². The van der Waals surface area contributed by atoms with E-state index in [0.29, 0.717) is 4.99 Å². The quantitative estimate of drug-likeness (QED) is 0.753. The van der Waals surface area contributed by atoms with Gasteiger partial charge in [0, 0.05) is 32.2 Å². The predicted octanol–water partition coefficient (Wildman–Crippen LogP) is 1.22. The van der Waals surface area contributed by atoms with Gasteiger partial charge in [0.1, 0.15) is 0 Å². The van der Waals surface area contributed by atoms with E-state index in [2.05, 4.69) is 16.7 Å². The molecule has 2 fully saturated rings. The average Bonchev–Trinajstić information content (AvgIpc) is 2.81. The maximum absolute atomic E-state index is 5.70. The third-order valence-corrected chi connectivity index (χ3v) is 4.49. The molecule has 1 saturated heterocycles. The first kappa shape index (κ1) is 12.3. The van der Waals surface area contributed by atoms with Crippen molar-refractivity contribution in [2.45, 2.75) is 44.7 Å². The minimum Gasteiger partial charge on any atom is -0.392 e. The summed E-state index contributed by atoms with van der Waals surface area (Å²) in [5.41, 5.74) is 5.70. The molecule has 0 aromatic rings. The molecule has 1 aliphatic heterocycles. The summed E-state index contributed by atoms with van der Waals surface area (Å²) >= 11 is 5.06. The van der Waals surface area contributed by atoms with Crippen molar-refractivity contribution in [3.05, 3.63) is 0 Å². The van der Waals surface area contributed by atoms with Gasteiger partial charge in [0.15, 0.2) is 0 Å². The van der Waals surface area contributed by atoms with E-state index >= 15 is 0 Å². The van der Waals surface area contributed by atoms with E-state index in [9.17, 15) is 0 Å². The van der Waals surface area contributed by atoms with Crippen LogP contribution in [0.3, 0.4) is 0 Å². The van der Waals surface area contributed by atoms with Gasteiger partial charge in [-0.05, 0) is 19.8 Å². The van der Waals surface area contributed by atoms with Crippen LogP contribution in [0.2, 0.25) is 0 Å². The normalized spacial score (nSPS) is 27.1. The number of nitrogens with zero attached hydrogens (tertiary/aromatic N) is 2. The van der Waals surface area contributed by atoms with E-state index in [-0.39, 0.29) is 6.04 Å². The molecule has 0 spiro atoms. The van der Waals surface area contributed by atoms with E-state index in [4.69, 9.17) is 18.0 Å². The summed E-state index contributed by atoms with van der Waals surface area (Å²) in [5.74, 6) is 0. The second kappa shape index (κ2) is 5.43. The molecule has 1 heterocycles. The first-order valence-electron chi connectivity index (χ1n) is 6.46. The van der Waals surface area contributed by atoms with Crippen LogP contribution in [-0.4, -0.2) is 53.1 Å². The summed E-state index contributed by atoms with van der Waals surface area (Å²) in [6, 6.07) is 1.13. The Bertz CT molecular complexity index is 243. The average molecular weight is 241 g/mol. The monoisotopic (exact) mass is 241 g/mol. The van der Waals surface area contributed by atoms with Gasteiger partial charge < -0.3 is 5.73 Å². The number of rotatable bonds is 3. The molecule has 1 unspecified atom stereocenters. The summed E-state index contributed by atoms with van der Waals surface area (Å²) in [5, 5.41) is 0. The molecule has 0 amide bonds. The Labute approximate surface area is 104 Å². The number of thiocarbonyl (C=S) groups is 1. The van der Waals surface area contributed by atoms with E-state index in [1.165, 1.54) is 38.8 Å². The van der Waals surface area contributed by atoms with Gasteiger partial charge in [-0.25, -0.2) is 0 Å². The second-order valence-corrected chi connectivity index (χ2v) is 5.56. The highest BCUT2D eigenvalue weighted by molar-refractivity contribution is 7.80. The lowest BCUT2D eigenvalue weighted by Crippen LogP contribution is -2.54. The molecular formula is C12H23N3S. The molecule has 1 saturated carbocycles. The van der Waals surface area contributed by atoms with Gasteiger partial charge in [0.05, 0.1) is 11.0 Å². The second-order valence-electron chi connectivity index (χ2n) is 5.09. The Kier molecular flexibility index (Phi) is 4.16. The Balaban J connectivity index is 1.79. The minimum absolute atomic E-state index is 0.265. The summed E-state index contributed by atoms with van der Waals surface area (Å²) in [6.07, 6.45) is 5.66. The minimum atomic E-state index is 0.265. The highest BCUT2D eigenvalue weighted by Gasteiger charge is 2.28. The molecule has 16 heavy (non-hydrogen) atoms. The lowest BCUT2D eigenvalue weighted by Gasteiger charge is -2.40. The van der Waals surface area contributed by atoms with Crippen molar-refractivity contribution < 1.29 is 0 Å². The first-order valence-corrected chi connectivity index (χ1v) is 6.86. The van der Waals surface area contributed by atoms with Crippen LogP contribution in [0, 0.1) is 0 Å². The molecule has 2 N–H and O–H groups in total. The third-order valence-electron chi connectivity index (χ3n) is 4.15. The molecule has 2 aliphatic rings.